The van der Waals surface area contributed by atoms with E-state index in [-0.39, 0.29) is 23.7 Å². The van der Waals surface area contributed by atoms with Gasteiger partial charge in [0.05, 0.1) is 11.5 Å². The predicted octanol–water partition coefficient (Wildman–Crippen LogP) is 0.489. The molecule has 8 nitrogen and oxygen atoms in total. The summed E-state index contributed by atoms with van der Waals surface area (Å²) in [5, 5.41) is 13.2. The van der Waals surface area contributed by atoms with E-state index in [1.165, 1.54) is 24.3 Å². The summed E-state index contributed by atoms with van der Waals surface area (Å²) in [5.41, 5.74) is 0.0162. The van der Waals surface area contributed by atoms with Gasteiger partial charge in [-0.25, -0.2) is 0 Å². The molecule has 1 aliphatic heterocycles. The van der Waals surface area contributed by atoms with Crippen molar-refractivity contribution in [3.05, 3.63) is 39.9 Å². The fraction of sp³-hybridized carbons (Fsp3) is 0.467. The van der Waals surface area contributed by atoms with Crippen molar-refractivity contribution in [1.29, 1.82) is 0 Å². The topological polar surface area (TPSA) is 95.8 Å². The second kappa shape index (κ2) is 7.68. The van der Waals surface area contributed by atoms with E-state index in [2.05, 4.69) is 17.1 Å². The van der Waals surface area contributed by atoms with Gasteiger partial charge in [0.25, 0.3) is 11.6 Å². The molecule has 8 heteroatoms. The number of nitrogens with one attached hydrogen (secondary N) is 1. The molecule has 0 atom stereocenters. The summed E-state index contributed by atoms with van der Waals surface area (Å²) in [6.45, 7) is 5.91. The van der Waals surface area contributed by atoms with Gasteiger partial charge in [0.15, 0.2) is 0 Å². The summed E-state index contributed by atoms with van der Waals surface area (Å²) in [5.74, 6) is -0.631. The molecule has 1 aromatic carbocycles. The average molecular weight is 320 g/mol. The zero-order valence-electron chi connectivity index (χ0n) is 13.0. The number of piperazine rings is 1. The van der Waals surface area contributed by atoms with Crippen molar-refractivity contribution in [3.63, 3.8) is 0 Å². The van der Waals surface area contributed by atoms with E-state index in [1.54, 1.807) is 4.90 Å². The molecule has 1 saturated heterocycles. The Hall–Kier alpha value is -2.48. The van der Waals surface area contributed by atoms with E-state index >= 15 is 0 Å². The minimum atomic E-state index is -0.560. The molecule has 0 radical (unpaired) electrons. The largest absolute Gasteiger partial charge is 0.343 e. The van der Waals surface area contributed by atoms with Crippen LogP contribution < -0.4 is 5.32 Å². The Balaban J connectivity index is 1.85. The highest BCUT2D eigenvalue weighted by Crippen LogP contribution is 2.12. The Morgan fingerprint density at radius 1 is 1.26 bits per heavy atom. The minimum absolute atomic E-state index is 0.104. The highest BCUT2D eigenvalue weighted by atomic mass is 16.6. The van der Waals surface area contributed by atoms with Crippen LogP contribution in [0.4, 0.5) is 5.69 Å². The molecule has 1 fully saturated rings. The summed E-state index contributed by atoms with van der Waals surface area (Å²) < 4.78 is 0. The van der Waals surface area contributed by atoms with Crippen molar-refractivity contribution in [3.8, 4) is 0 Å². The molecule has 0 aromatic heterocycles. The highest BCUT2D eigenvalue weighted by molar-refractivity contribution is 5.96. The molecule has 1 aliphatic rings. The van der Waals surface area contributed by atoms with Gasteiger partial charge in [-0.05, 0) is 12.6 Å². The first-order chi connectivity index (χ1) is 11.0. The summed E-state index contributed by atoms with van der Waals surface area (Å²) in [6, 6.07) is 5.43. The zero-order valence-corrected chi connectivity index (χ0v) is 13.0. The summed E-state index contributed by atoms with van der Waals surface area (Å²) >= 11 is 0. The first-order valence-electron chi connectivity index (χ1n) is 7.54. The Morgan fingerprint density at radius 3 is 2.57 bits per heavy atom. The van der Waals surface area contributed by atoms with Crippen LogP contribution in [-0.2, 0) is 4.79 Å². The van der Waals surface area contributed by atoms with Crippen molar-refractivity contribution < 1.29 is 14.5 Å². The lowest BCUT2D eigenvalue weighted by Crippen LogP contribution is -2.51. The normalized spacial score (nSPS) is 15.3. The maximum absolute atomic E-state index is 12.1. The third-order valence-corrected chi connectivity index (χ3v) is 3.89. The van der Waals surface area contributed by atoms with Crippen LogP contribution in [0.1, 0.15) is 17.3 Å². The molecule has 124 valence electrons. The van der Waals surface area contributed by atoms with E-state index in [0.717, 1.165) is 19.6 Å². The van der Waals surface area contributed by atoms with Crippen molar-refractivity contribution >= 4 is 17.5 Å². The van der Waals surface area contributed by atoms with Gasteiger partial charge in [0.2, 0.25) is 5.91 Å². The van der Waals surface area contributed by atoms with Crippen LogP contribution in [0.3, 0.4) is 0 Å². The maximum Gasteiger partial charge on any atom is 0.270 e. The number of hydrogen-bond donors (Lipinski definition) is 1. The molecule has 0 spiro atoms. The van der Waals surface area contributed by atoms with Crippen LogP contribution in [0.5, 0.6) is 0 Å². The van der Waals surface area contributed by atoms with Gasteiger partial charge >= 0.3 is 0 Å². The molecule has 0 saturated carbocycles. The van der Waals surface area contributed by atoms with Crippen LogP contribution in [0.15, 0.2) is 24.3 Å². The summed E-state index contributed by atoms with van der Waals surface area (Å²) in [7, 11) is 0. The second-order valence-corrected chi connectivity index (χ2v) is 5.31. The number of carbonyl (C=O) groups excluding carboxylic acids is 2. The highest BCUT2D eigenvalue weighted by Gasteiger charge is 2.20. The number of nitrogens with zero attached hydrogens (tertiary/aromatic N) is 3. The second-order valence-electron chi connectivity index (χ2n) is 5.31. The quantitative estimate of drug-likeness (QED) is 0.629. The smallest absolute Gasteiger partial charge is 0.270 e. The lowest BCUT2D eigenvalue weighted by atomic mass is 10.2. The van der Waals surface area contributed by atoms with E-state index < -0.39 is 10.8 Å². The van der Waals surface area contributed by atoms with Gasteiger partial charge < -0.3 is 15.1 Å². The van der Waals surface area contributed by atoms with E-state index in [4.69, 9.17) is 0 Å². The molecule has 23 heavy (non-hydrogen) atoms. The van der Waals surface area contributed by atoms with Gasteiger partial charge in [-0.3, -0.25) is 19.7 Å². The van der Waals surface area contributed by atoms with Crippen LogP contribution in [0.2, 0.25) is 0 Å². The van der Waals surface area contributed by atoms with Gasteiger partial charge in [0, 0.05) is 43.9 Å². The number of carbonyl (C=O) groups is 2. The molecule has 0 bridgehead atoms. The molecule has 1 heterocycles. The number of benzene rings is 1. The Labute approximate surface area is 134 Å². The van der Waals surface area contributed by atoms with Gasteiger partial charge in [-0.2, -0.15) is 0 Å². The fourth-order valence-corrected chi connectivity index (χ4v) is 2.44. The third-order valence-electron chi connectivity index (χ3n) is 3.89. The Kier molecular flexibility index (Phi) is 5.64. The van der Waals surface area contributed by atoms with Gasteiger partial charge in [0.1, 0.15) is 0 Å². The number of amides is 2. The number of likely N-dealkylation sites (N-methyl/N-ethyl adjacent to an activating group) is 1. The SMILES string of the molecule is CCN1CCN(C(=O)CNC(=O)c2cccc([N+](=O)[O-])c2)CC1. The molecule has 1 N–H and O–H groups in total. The van der Waals surface area contributed by atoms with E-state index in [0.29, 0.717) is 13.1 Å². The van der Waals surface area contributed by atoms with Crippen molar-refractivity contribution in [2.24, 2.45) is 0 Å². The molecule has 2 amide bonds. The standard InChI is InChI=1S/C15H20N4O4/c1-2-17-6-8-18(9-7-17)14(20)11-16-15(21)12-4-3-5-13(10-12)19(22)23/h3-5,10H,2,6-9,11H2,1H3,(H,16,21). The first-order valence-corrected chi connectivity index (χ1v) is 7.54. The molecular weight excluding hydrogens is 300 g/mol. The fourth-order valence-electron chi connectivity index (χ4n) is 2.44. The average Bonchev–Trinajstić information content (AvgIpc) is 2.59. The number of nitro groups is 1. The van der Waals surface area contributed by atoms with Crippen molar-refractivity contribution in [2.75, 3.05) is 39.3 Å². The molecule has 1 aromatic rings. The van der Waals surface area contributed by atoms with Gasteiger partial charge in [-0.15, -0.1) is 0 Å². The molecule has 0 aliphatic carbocycles. The minimum Gasteiger partial charge on any atom is -0.343 e. The third kappa shape index (κ3) is 4.49. The number of rotatable bonds is 5. The van der Waals surface area contributed by atoms with E-state index in [9.17, 15) is 19.7 Å². The molecular formula is C15H20N4O4. The number of hydrogen-bond acceptors (Lipinski definition) is 5. The van der Waals surface area contributed by atoms with Gasteiger partial charge in [-0.1, -0.05) is 13.0 Å². The number of nitro benzene ring substituents is 1. The van der Waals surface area contributed by atoms with Crippen molar-refractivity contribution in [2.45, 2.75) is 6.92 Å². The summed E-state index contributed by atoms with van der Waals surface area (Å²) in [6.07, 6.45) is 0. The van der Waals surface area contributed by atoms with Crippen LogP contribution in [0, 0.1) is 10.1 Å². The predicted molar refractivity (Wildman–Crippen MR) is 84.1 cm³/mol. The van der Waals surface area contributed by atoms with Crippen molar-refractivity contribution in [1.82, 2.24) is 15.1 Å². The van der Waals surface area contributed by atoms with Crippen LogP contribution in [0.25, 0.3) is 0 Å². The lowest BCUT2D eigenvalue weighted by molar-refractivity contribution is -0.384. The first kappa shape index (κ1) is 16.9. The van der Waals surface area contributed by atoms with E-state index in [1.807, 2.05) is 0 Å². The molecule has 2 rings (SSSR count). The van der Waals surface area contributed by atoms with Crippen LogP contribution in [-0.4, -0.2) is 65.8 Å². The Bertz CT molecular complexity index is 597. The Morgan fingerprint density at radius 2 is 1.96 bits per heavy atom. The van der Waals surface area contributed by atoms with Crippen LogP contribution >= 0.6 is 0 Å². The molecule has 0 unspecified atom stereocenters. The monoisotopic (exact) mass is 320 g/mol. The maximum atomic E-state index is 12.1. The number of non-ortho nitro benzene ring substituents is 1. The zero-order chi connectivity index (χ0) is 16.8. The lowest BCUT2D eigenvalue weighted by Gasteiger charge is -2.34. The summed E-state index contributed by atoms with van der Waals surface area (Å²) in [4.78, 5) is 38.2.